The molecule has 0 aromatic heterocycles. The minimum absolute atomic E-state index is 0.193. The third kappa shape index (κ3) is 5.69. The van der Waals surface area contributed by atoms with E-state index in [0.717, 1.165) is 0 Å². The largest absolute Gasteiger partial charge is 0.492 e. The second-order valence-electron chi connectivity index (χ2n) is 5.27. The quantitative estimate of drug-likeness (QED) is 0.781. The number of benzene rings is 2. The molecule has 0 unspecified atom stereocenters. The minimum Gasteiger partial charge on any atom is -0.492 e. The van der Waals surface area contributed by atoms with Crippen LogP contribution in [0.4, 0.5) is 0 Å². The number of hydrogen-bond donors (Lipinski definition) is 1. The molecule has 0 aliphatic heterocycles. The lowest BCUT2D eigenvalue weighted by Crippen LogP contribution is -2.34. The Morgan fingerprint density at radius 2 is 1.76 bits per heavy atom. The summed E-state index contributed by atoms with van der Waals surface area (Å²) in [6.45, 7) is 0.534. The Morgan fingerprint density at radius 1 is 1.08 bits per heavy atom. The molecule has 2 aromatic carbocycles. The predicted octanol–water partition coefficient (Wildman–Crippen LogP) is 2.36. The molecule has 25 heavy (non-hydrogen) atoms. The van der Waals surface area contributed by atoms with Crippen molar-refractivity contribution in [3.05, 3.63) is 59.1 Å². The van der Waals surface area contributed by atoms with Crippen LogP contribution in [0.2, 0.25) is 5.02 Å². The Kier molecular flexibility index (Phi) is 6.65. The fraction of sp³-hybridized carbons (Fsp3) is 0.222. The number of nitrogens with two attached hydrogens (primary N) is 1. The topological polar surface area (TPSA) is 81.9 Å². The molecule has 2 aromatic rings. The molecule has 6 nitrogen and oxygen atoms in total. The van der Waals surface area contributed by atoms with Crippen molar-refractivity contribution in [1.29, 1.82) is 0 Å². The Balaban J connectivity index is 1.78. The molecule has 0 atom stereocenters. The van der Waals surface area contributed by atoms with Gasteiger partial charge in [0.1, 0.15) is 18.1 Å². The van der Waals surface area contributed by atoms with E-state index < -0.39 is 5.91 Å². The van der Waals surface area contributed by atoms with Crippen LogP contribution in [0, 0.1) is 0 Å². The number of nitrogens with zero attached hydrogens (tertiary/aromatic N) is 1. The van der Waals surface area contributed by atoms with Gasteiger partial charge in [-0.3, -0.25) is 9.59 Å². The summed E-state index contributed by atoms with van der Waals surface area (Å²) in [5.74, 6) is 0.123. The molecule has 0 radical (unpaired) electrons. The molecular formula is C18H19ClN2O4. The highest BCUT2D eigenvalue weighted by Gasteiger charge is 2.13. The molecule has 0 spiro atoms. The maximum atomic E-state index is 12.1. The predicted molar refractivity (Wildman–Crippen MR) is 95.0 cm³/mol. The number of halogens is 1. The summed E-state index contributed by atoms with van der Waals surface area (Å²) >= 11 is 5.80. The molecule has 2 amide bonds. The number of ether oxygens (including phenoxy) is 2. The molecule has 132 valence electrons. The van der Waals surface area contributed by atoms with Crippen LogP contribution >= 0.6 is 11.6 Å². The van der Waals surface area contributed by atoms with Crippen LogP contribution < -0.4 is 15.2 Å². The second-order valence-corrected chi connectivity index (χ2v) is 5.70. The SMILES string of the molecule is CN(CCOc1ccc(Cl)cc1)C(=O)COc1ccccc1C(N)=O. The standard InChI is InChI=1S/C18H19ClN2O4/c1-21(10-11-24-14-8-6-13(19)7-9-14)17(22)12-25-16-5-3-2-4-15(16)18(20)23/h2-9H,10-12H2,1H3,(H2,20,23). The highest BCUT2D eigenvalue weighted by atomic mass is 35.5. The van der Waals surface area contributed by atoms with E-state index in [0.29, 0.717) is 23.9 Å². The van der Waals surface area contributed by atoms with Gasteiger partial charge in [0.2, 0.25) is 0 Å². The van der Waals surface area contributed by atoms with E-state index in [1.54, 1.807) is 55.6 Å². The van der Waals surface area contributed by atoms with E-state index in [1.807, 2.05) is 0 Å². The molecule has 0 bridgehead atoms. The van der Waals surface area contributed by atoms with Gasteiger partial charge in [-0.1, -0.05) is 23.7 Å². The molecule has 0 saturated heterocycles. The van der Waals surface area contributed by atoms with Gasteiger partial charge < -0.3 is 20.1 Å². The van der Waals surface area contributed by atoms with Gasteiger partial charge in [-0.15, -0.1) is 0 Å². The van der Waals surface area contributed by atoms with Gasteiger partial charge in [-0.25, -0.2) is 0 Å². The maximum Gasteiger partial charge on any atom is 0.260 e. The van der Waals surface area contributed by atoms with Gasteiger partial charge >= 0.3 is 0 Å². The molecule has 2 N–H and O–H groups in total. The molecule has 0 fully saturated rings. The summed E-state index contributed by atoms with van der Waals surface area (Å²) in [6.07, 6.45) is 0. The number of carbonyl (C=O) groups is 2. The molecule has 0 aliphatic carbocycles. The summed E-state index contributed by atoms with van der Waals surface area (Å²) < 4.78 is 11.0. The lowest BCUT2D eigenvalue weighted by Gasteiger charge is -2.18. The Morgan fingerprint density at radius 3 is 2.44 bits per heavy atom. The van der Waals surface area contributed by atoms with Crippen LogP contribution in [0.5, 0.6) is 11.5 Å². The summed E-state index contributed by atoms with van der Waals surface area (Å²) in [6, 6.07) is 13.5. The highest BCUT2D eigenvalue weighted by molar-refractivity contribution is 6.30. The Bertz CT molecular complexity index is 734. The summed E-state index contributed by atoms with van der Waals surface area (Å²) in [5.41, 5.74) is 5.51. The summed E-state index contributed by atoms with van der Waals surface area (Å²) in [4.78, 5) is 24.9. The smallest absolute Gasteiger partial charge is 0.260 e. The minimum atomic E-state index is -0.604. The van der Waals surface area contributed by atoms with Crippen molar-refractivity contribution in [1.82, 2.24) is 4.90 Å². The average Bonchev–Trinajstić information content (AvgIpc) is 2.61. The first-order chi connectivity index (χ1) is 12.0. The first-order valence-electron chi connectivity index (χ1n) is 7.61. The normalized spacial score (nSPS) is 10.2. The van der Waals surface area contributed by atoms with Gasteiger partial charge in [0.05, 0.1) is 12.1 Å². The third-order valence-corrected chi connectivity index (χ3v) is 3.69. The van der Waals surface area contributed by atoms with Crippen LogP contribution in [0.1, 0.15) is 10.4 Å². The first-order valence-corrected chi connectivity index (χ1v) is 7.99. The van der Waals surface area contributed by atoms with E-state index in [1.165, 1.54) is 4.90 Å². The van der Waals surface area contributed by atoms with Crippen molar-refractivity contribution in [3.8, 4) is 11.5 Å². The molecule has 2 rings (SSSR count). The summed E-state index contributed by atoms with van der Waals surface area (Å²) in [5, 5.41) is 0.632. The fourth-order valence-electron chi connectivity index (χ4n) is 2.00. The zero-order valence-corrected chi connectivity index (χ0v) is 14.5. The maximum absolute atomic E-state index is 12.1. The lowest BCUT2D eigenvalue weighted by atomic mass is 10.2. The van der Waals surface area contributed by atoms with E-state index >= 15 is 0 Å². The second kappa shape index (κ2) is 8.94. The zero-order chi connectivity index (χ0) is 18.2. The summed E-state index contributed by atoms with van der Waals surface area (Å²) in [7, 11) is 1.65. The van der Waals surface area contributed by atoms with Crippen molar-refractivity contribution < 1.29 is 19.1 Å². The van der Waals surface area contributed by atoms with Crippen molar-refractivity contribution in [3.63, 3.8) is 0 Å². The van der Waals surface area contributed by atoms with Crippen LogP contribution in [0.15, 0.2) is 48.5 Å². The lowest BCUT2D eigenvalue weighted by molar-refractivity contribution is -0.132. The van der Waals surface area contributed by atoms with Crippen LogP contribution in [0.3, 0.4) is 0 Å². The molecule has 0 saturated carbocycles. The van der Waals surface area contributed by atoms with Gasteiger partial charge in [0, 0.05) is 12.1 Å². The van der Waals surface area contributed by atoms with Crippen molar-refractivity contribution in [2.75, 3.05) is 26.8 Å². The number of primary amides is 1. The van der Waals surface area contributed by atoms with Crippen molar-refractivity contribution in [2.24, 2.45) is 5.73 Å². The fourth-order valence-corrected chi connectivity index (χ4v) is 2.13. The van der Waals surface area contributed by atoms with Gasteiger partial charge in [-0.2, -0.15) is 0 Å². The first kappa shape index (κ1) is 18.6. The molecule has 0 heterocycles. The average molecular weight is 363 g/mol. The van der Waals surface area contributed by atoms with E-state index in [9.17, 15) is 9.59 Å². The molecular weight excluding hydrogens is 344 g/mol. The number of likely N-dealkylation sites (N-methyl/N-ethyl adjacent to an activating group) is 1. The molecule has 7 heteroatoms. The third-order valence-electron chi connectivity index (χ3n) is 3.44. The Labute approximate surface area is 151 Å². The van der Waals surface area contributed by atoms with Gasteiger partial charge in [-0.05, 0) is 36.4 Å². The van der Waals surface area contributed by atoms with Crippen LogP contribution in [-0.4, -0.2) is 43.5 Å². The van der Waals surface area contributed by atoms with Crippen molar-refractivity contribution in [2.45, 2.75) is 0 Å². The number of amides is 2. The number of rotatable bonds is 8. The van der Waals surface area contributed by atoms with Gasteiger partial charge in [0.15, 0.2) is 6.61 Å². The monoisotopic (exact) mass is 362 g/mol. The van der Waals surface area contributed by atoms with Crippen LogP contribution in [-0.2, 0) is 4.79 Å². The van der Waals surface area contributed by atoms with E-state index in [2.05, 4.69) is 0 Å². The van der Waals surface area contributed by atoms with Gasteiger partial charge in [0.25, 0.3) is 11.8 Å². The Hall–Kier alpha value is -2.73. The van der Waals surface area contributed by atoms with E-state index in [-0.39, 0.29) is 23.8 Å². The number of hydrogen-bond acceptors (Lipinski definition) is 4. The zero-order valence-electron chi connectivity index (χ0n) is 13.8. The van der Waals surface area contributed by atoms with Crippen LogP contribution in [0.25, 0.3) is 0 Å². The molecule has 0 aliphatic rings. The van der Waals surface area contributed by atoms with Crippen molar-refractivity contribution >= 4 is 23.4 Å². The number of para-hydroxylation sites is 1. The highest BCUT2D eigenvalue weighted by Crippen LogP contribution is 2.17. The van der Waals surface area contributed by atoms with E-state index in [4.69, 9.17) is 26.8 Å². The number of carbonyl (C=O) groups excluding carboxylic acids is 2.